The van der Waals surface area contributed by atoms with Crippen LogP contribution in [0, 0.1) is 0 Å². The van der Waals surface area contributed by atoms with E-state index in [1.54, 1.807) is 0 Å². The molecule has 0 aliphatic carbocycles. The number of nitrogens with one attached hydrogen (secondary N) is 1. The van der Waals surface area contributed by atoms with Crippen LogP contribution in [0.3, 0.4) is 0 Å². The Bertz CT molecular complexity index is 1060. The van der Waals surface area contributed by atoms with Crippen LogP contribution in [0.5, 0.6) is 0 Å². The van der Waals surface area contributed by atoms with Gasteiger partial charge in [0.2, 0.25) is 5.91 Å². The fourth-order valence-corrected chi connectivity index (χ4v) is 6.96. The van der Waals surface area contributed by atoms with Crippen molar-refractivity contribution < 1.29 is 4.79 Å². The zero-order valence-electron chi connectivity index (χ0n) is 19.9. The van der Waals surface area contributed by atoms with Gasteiger partial charge in [0.05, 0.1) is 6.17 Å². The number of likely N-dealkylation sites (tertiary alicyclic amines) is 1. The van der Waals surface area contributed by atoms with Gasteiger partial charge < -0.3 is 15.1 Å². The highest BCUT2D eigenvalue weighted by Gasteiger charge is 2.54. The lowest BCUT2D eigenvalue weighted by Gasteiger charge is -2.45. The van der Waals surface area contributed by atoms with Gasteiger partial charge in [-0.3, -0.25) is 9.69 Å². The van der Waals surface area contributed by atoms with Gasteiger partial charge in [-0.25, -0.2) is 0 Å². The van der Waals surface area contributed by atoms with Crippen molar-refractivity contribution in [2.24, 2.45) is 0 Å². The molecule has 4 aliphatic rings. The molecule has 1 N–H and O–H groups in total. The van der Waals surface area contributed by atoms with Crippen LogP contribution in [0.4, 0.5) is 11.4 Å². The number of aryl methyl sites for hydroxylation is 2. The Morgan fingerprint density at radius 2 is 1.74 bits per heavy atom. The van der Waals surface area contributed by atoms with Gasteiger partial charge in [0.15, 0.2) is 0 Å². The standard InChI is InChI=1S/C28H35ClN4O/c29-23-11-12-25-22(20-23)10-9-21-6-1-2-7-24(21)32(25)16-5-15-31-18-13-28(14-19-31)27(34)30-26-8-3-4-17-33(26)28/h1-2,6-7,11-12,20,26H,3-5,8-10,13-19H2,(H,30,34). The van der Waals surface area contributed by atoms with E-state index in [1.165, 1.54) is 35.3 Å². The van der Waals surface area contributed by atoms with E-state index in [9.17, 15) is 4.79 Å². The number of para-hydroxylation sites is 1. The van der Waals surface area contributed by atoms with Crippen molar-refractivity contribution >= 4 is 28.9 Å². The first-order valence-corrected chi connectivity index (χ1v) is 13.5. The molecule has 2 aromatic carbocycles. The third kappa shape index (κ3) is 3.92. The normalized spacial score (nSPS) is 24.3. The number of nitrogens with zero attached hydrogens (tertiary/aromatic N) is 3. The van der Waals surface area contributed by atoms with Crippen LogP contribution in [0.1, 0.15) is 49.7 Å². The highest BCUT2D eigenvalue weighted by molar-refractivity contribution is 6.30. The number of carbonyl (C=O) groups is 1. The highest BCUT2D eigenvalue weighted by Crippen LogP contribution is 2.39. The van der Waals surface area contributed by atoms with E-state index < -0.39 is 0 Å². The maximum Gasteiger partial charge on any atom is 0.241 e. The van der Waals surface area contributed by atoms with Gasteiger partial charge in [-0.15, -0.1) is 0 Å². The molecule has 1 spiro atoms. The minimum Gasteiger partial charge on any atom is -0.341 e. The number of hydrogen-bond donors (Lipinski definition) is 1. The van der Waals surface area contributed by atoms with Gasteiger partial charge in [-0.2, -0.15) is 0 Å². The van der Waals surface area contributed by atoms with Gasteiger partial charge >= 0.3 is 0 Å². The summed E-state index contributed by atoms with van der Waals surface area (Å²) in [4.78, 5) is 20.5. The molecular formula is C28H35ClN4O. The summed E-state index contributed by atoms with van der Waals surface area (Å²) in [5.41, 5.74) is 5.14. The van der Waals surface area contributed by atoms with Gasteiger partial charge in [0, 0.05) is 42.6 Å². The molecule has 3 fully saturated rings. The summed E-state index contributed by atoms with van der Waals surface area (Å²) < 4.78 is 0. The molecule has 0 aromatic heterocycles. The lowest BCUT2D eigenvalue weighted by molar-refractivity contribution is -0.129. The average Bonchev–Trinajstić information content (AvgIpc) is 3.03. The van der Waals surface area contributed by atoms with E-state index in [4.69, 9.17) is 11.6 Å². The van der Waals surface area contributed by atoms with Crippen LogP contribution in [0.25, 0.3) is 0 Å². The first-order chi connectivity index (χ1) is 16.6. The predicted molar refractivity (Wildman–Crippen MR) is 138 cm³/mol. The van der Waals surface area contributed by atoms with Crippen molar-refractivity contribution in [3.05, 3.63) is 58.6 Å². The van der Waals surface area contributed by atoms with Gasteiger partial charge in [0.25, 0.3) is 0 Å². The first-order valence-electron chi connectivity index (χ1n) is 13.1. The molecule has 1 atom stereocenters. The molecule has 0 bridgehead atoms. The van der Waals surface area contributed by atoms with Crippen molar-refractivity contribution in [1.29, 1.82) is 0 Å². The van der Waals surface area contributed by atoms with E-state index >= 15 is 0 Å². The Labute approximate surface area is 208 Å². The van der Waals surface area contributed by atoms with Crippen molar-refractivity contribution in [2.45, 2.75) is 63.1 Å². The van der Waals surface area contributed by atoms with Crippen LogP contribution in [-0.2, 0) is 17.6 Å². The lowest BCUT2D eigenvalue weighted by atomic mass is 9.85. The van der Waals surface area contributed by atoms with Gasteiger partial charge in [-0.1, -0.05) is 29.8 Å². The maximum atomic E-state index is 12.9. The monoisotopic (exact) mass is 478 g/mol. The molecule has 1 unspecified atom stereocenters. The summed E-state index contributed by atoms with van der Waals surface area (Å²) in [6.45, 7) is 5.16. The van der Waals surface area contributed by atoms with Crippen LogP contribution in [0.2, 0.25) is 5.02 Å². The van der Waals surface area contributed by atoms with Crippen LogP contribution in [0.15, 0.2) is 42.5 Å². The molecule has 0 radical (unpaired) electrons. The van der Waals surface area contributed by atoms with Crippen LogP contribution >= 0.6 is 11.6 Å². The molecule has 180 valence electrons. The number of rotatable bonds is 4. The zero-order valence-corrected chi connectivity index (χ0v) is 20.7. The van der Waals surface area contributed by atoms with E-state index in [0.29, 0.717) is 0 Å². The lowest BCUT2D eigenvalue weighted by Crippen LogP contribution is -2.58. The molecule has 4 heterocycles. The van der Waals surface area contributed by atoms with E-state index in [1.807, 2.05) is 6.07 Å². The summed E-state index contributed by atoms with van der Waals surface area (Å²) in [6.07, 6.45) is 8.95. The molecule has 34 heavy (non-hydrogen) atoms. The second-order valence-electron chi connectivity index (χ2n) is 10.5. The van der Waals surface area contributed by atoms with Crippen LogP contribution in [-0.4, -0.2) is 60.1 Å². The summed E-state index contributed by atoms with van der Waals surface area (Å²) in [7, 11) is 0. The predicted octanol–water partition coefficient (Wildman–Crippen LogP) is 4.74. The summed E-state index contributed by atoms with van der Waals surface area (Å²) in [5.74, 6) is 0.287. The number of benzene rings is 2. The number of anilines is 2. The number of halogens is 1. The number of piperidine rings is 2. The third-order valence-electron chi connectivity index (χ3n) is 8.59. The maximum absolute atomic E-state index is 12.9. The van der Waals surface area contributed by atoms with E-state index in [0.717, 1.165) is 76.3 Å². The Morgan fingerprint density at radius 3 is 2.62 bits per heavy atom. The Hall–Kier alpha value is -2.08. The number of amides is 1. The van der Waals surface area contributed by atoms with Crippen molar-refractivity contribution in [3.8, 4) is 0 Å². The number of carbonyl (C=O) groups excluding carboxylic acids is 1. The fourth-order valence-electron chi connectivity index (χ4n) is 6.77. The quantitative estimate of drug-likeness (QED) is 0.688. The molecule has 1 amide bonds. The van der Waals surface area contributed by atoms with Crippen LogP contribution < -0.4 is 10.2 Å². The van der Waals surface area contributed by atoms with E-state index in [-0.39, 0.29) is 17.6 Å². The van der Waals surface area contributed by atoms with E-state index in [2.05, 4.69) is 56.4 Å². The molecule has 0 saturated carbocycles. The third-order valence-corrected chi connectivity index (χ3v) is 8.83. The molecule has 4 aliphatic heterocycles. The second kappa shape index (κ2) is 9.18. The van der Waals surface area contributed by atoms with Gasteiger partial charge in [0.1, 0.15) is 5.54 Å². The molecule has 6 heteroatoms. The summed E-state index contributed by atoms with van der Waals surface area (Å²) >= 11 is 6.34. The number of fused-ring (bicyclic) bond motifs is 4. The smallest absolute Gasteiger partial charge is 0.241 e. The summed E-state index contributed by atoms with van der Waals surface area (Å²) in [5, 5.41) is 4.12. The fraction of sp³-hybridized carbons (Fsp3) is 0.536. The molecule has 6 rings (SSSR count). The Morgan fingerprint density at radius 1 is 0.941 bits per heavy atom. The van der Waals surface area contributed by atoms with Crippen molar-refractivity contribution in [1.82, 2.24) is 15.1 Å². The second-order valence-corrected chi connectivity index (χ2v) is 10.9. The van der Waals surface area contributed by atoms with Crippen molar-refractivity contribution in [2.75, 3.05) is 37.6 Å². The Balaban J connectivity index is 1.12. The van der Waals surface area contributed by atoms with Gasteiger partial charge in [-0.05, 0) is 93.3 Å². The highest BCUT2D eigenvalue weighted by atomic mass is 35.5. The summed E-state index contributed by atoms with van der Waals surface area (Å²) in [6, 6.07) is 15.2. The molecular weight excluding hydrogens is 444 g/mol. The number of hydrogen-bond acceptors (Lipinski definition) is 4. The minimum absolute atomic E-state index is 0.247. The Kier molecular flexibility index (Phi) is 6.04. The average molecular weight is 479 g/mol. The van der Waals surface area contributed by atoms with Crippen molar-refractivity contribution in [3.63, 3.8) is 0 Å². The SMILES string of the molecule is O=C1NC2CCCCN2C12CCN(CCCN1c3ccccc3CCc3cc(Cl)ccc31)CC2. The topological polar surface area (TPSA) is 38.8 Å². The first kappa shape index (κ1) is 22.4. The molecule has 5 nitrogen and oxygen atoms in total. The minimum atomic E-state index is -0.247. The molecule has 2 aromatic rings. The largest absolute Gasteiger partial charge is 0.341 e. The molecule has 3 saturated heterocycles. The zero-order chi connectivity index (χ0) is 23.1.